The van der Waals surface area contributed by atoms with Crippen LogP contribution in [-0.4, -0.2) is 186 Å². The highest BCUT2D eigenvalue weighted by Gasteiger charge is 2.72. The highest BCUT2D eigenvalue weighted by atomic mass is 16.8. The second-order valence-corrected chi connectivity index (χ2v) is 25.5. The molecule has 3 saturated heterocycles. The summed E-state index contributed by atoms with van der Waals surface area (Å²) < 4.78 is 41.9. The number of esters is 2. The highest BCUT2D eigenvalue weighted by Crippen LogP contribution is 2.76. The van der Waals surface area contributed by atoms with Gasteiger partial charge in [-0.25, -0.2) is 9.59 Å². The quantitative estimate of drug-likeness (QED) is 0.0651. The average molecular weight is 1090 g/mol. The summed E-state index contributed by atoms with van der Waals surface area (Å²) >= 11 is 0. The smallest absolute Gasteiger partial charge is 0.335 e. The number of aliphatic hydroxyl groups excluding tert-OH is 9. The Morgan fingerprint density at radius 2 is 1.38 bits per heavy atom. The number of ether oxygens (including phenoxy) is 7. The third-order valence-electron chi connectivity index (χ3n) is 20.4. The number of aliphatic hydroxyl groups is 9. The van der Waals surface area contributed by atoms with E-state index in [1.54, 1.807) is 12.1 Å². The summed E-state index contributed by atoms with van der Waals surface area (Å²) in [6.07, 6.45) is -16.2. The monoisotopic (exact) mass is 1090 g/mol. The van der Waals surface area contributed by atoms with Crippen molar-refractivity contribution in [1.29, 1.82) is 0 Å². The summed E-state index contributed by atoms with van der Waals surface area (Å²) in [5.74, 6) is -3.66. The molecular weight excluding hydrogens is 1010 g/mol. The minimum absolute atomic E-state index is 0.00123. The molecule has 4 saturated carbocycles. The van der Waals surface area contributed by atoms with Crippen LogP contribution < -0.4 is 0 Å². The van der Waals surface area contributed by atoms with Crippen LogP contribution in [0.25, 0.3) is 6.08 Å². The van der Waals surface area contributed by atoms with Gasteiger partial charge in [-0.1, -0.05) is 72.2 Å². The first kappa shape index (κ1) is 58.0. The number of carbonyl (C=O) groups excluding carboxylic acids is 2. The molecule has 9 rings (SSSR count). The maximum atomic E-state index is 15.5. The Balaban J connectivity index is 1.00. The average Bonchev–Trinajstić information content (AvgIpc) is 3.45. The second-order valence-electron chi connectivity index (χ2n) is 25.5. The van der Waals surface area contributed by atoms with Crippen LogP contribution >= 0.6 is 0 Å². The van der Waals surface area contributed by atoms with Crippen LogP contribution in [0.15, 0.2) is 42.0 Å². The molecule has 8 aliphatic rings. The van der Waals surface area contributed by atoms with Crippen LogP contribution in [0.1, 0.15) is 112 Å². The van der Waals surface area contributed by atoms with Crippen molar-refractivity contribution in [1.82, 2.24) is 0 Å². The van der Waals surface area contributed by atoms with Gasteiger partial charge in [-0.2, -0.15) is 0 Å². The van der Waals surface area contributed by atoms with Crippen molar-refractivity contribution in [3.8, 4) is 5.75 Å². The van der Waals surface area contributed by atoms with E-state index in [2.05, 4.69) is 54.5 Å². The molecule has 23 atom stereocenters. The Hall–Kier alpha value is -3.65. The van der Waals surface area contributed by atoms with E-state index in [0.717, 1.165) is 24.5 Å². The fourth-order valence-corrected chi connectivity index (χ4v) is 15.9. The molecule has 21 heteroatoms. The van der Waals surface area contributed by atoms with E-state index in [0.29, 0.717) is 37.7 Å². The number of carbonyl (C=O) groups is 3. The van der Waals surface area contributed by atoms with Gasteiger partial charge in [-0.3, -0.25) is 4.79 Å². The van der Waals surface area contributed by atoms with Crippen molar-refractivity contribution in [2.75, 3.05) is 13.2 Å². The van der Waals surface area contributed by atoms with E-state index >= 15 is 4.79 Å². The maximum Gasteiger partial charge on any atom is 0.335 e. The summed E-state index contributed by atoms with van der Waals surface area (Å²) in [7, 11) is 0. The van der Waals surface area contributed by atoms with E-state index in [1.165, 1.54) is 18.2 Å². The normalized spacial score (nSPS) is 47.3. The van der Waals surface area contributed by atoms with Gasteiger partial charge >= 0.3 is 17.9 Å². The Morgan fingerprint density at radius 3 is 2.04 bits per heavy atom. The third kappa shape index (κ3) is 9.78. The molecule has 0 bridgehead atoms. The lowest BCUT2D eigenvalue weighted by molar-refractivity contribution is -0.347. The molecule has 0 spiro atoms. The molecule has 430 valence electrons. The lowest BCUT2D eigenvalue weighted by Gasteiger charge is -2.71. The number of phenolic OH excluding ortho intramolecular Hbond substituents is 1. The lowest BCUT2D eigenvalue weighted by Crippen LogP contribution is -2.68. The third-order valence-corrected chi connectivity index (χ3v) is 20.4. The van der Waals surface area contributed by atoms with Gasteiger partial charge < -0.3 is 89.3 Å². The van der Waals surface area contributed by atoms with E-state index in [1.807, 2.05) is 0 Å². The molecule has 3 heterocycles. The number of fused-ring (bicyclic) bond motifs is 7. The molecule has 77 heavy (non-hydrogen) atoms. The zero-order valence-electron chi connectivity index (χ0n) is 44.8. The molecule has 0 aromatic heterocycles. The van der Waals surface area contributed by atoms with Gasteiger partial charge in [0.1, 0.15) is 66.1 Å². The van der Waals surface area contributed by atoms with Crippen LogP contribution in [-0.2, 0) is 47.5 Å². The van der Waals surface area contributed by atoms with Crippen molar-refractivity contribution in [3.05, 3.63) is 47.6 Å². The molecule has 3 aliphatic heterocycles. The SMILES string of the molecule is CC1(C)CC[C@]2(C(=O)O[C@@H]3OC[C@H](O)[C@H](O[C@@H]4O[C@H](CO)[C@@H](O)[C@H](O)[C@H]4O)[C@H]3OC(=O)/C=C/c3ccc(O)cc3)[C@H](O)C[C@]3(C)C(=CC[C@@H]4[C@@]5(C)CC[C@H](O[C@@H]6O[C@H](C(=O)O)[C@@H](O)[C@H](O)[C@H]6O)C(C)(C)[C@@H]5CC[C@]43C)[C@@H]2C1. The number of aromatic hydroxyl groups is 1. The minimum atomic E-state index is -1.91. The van der Waals surface area contributed by atoms with Gasteiger partial charge in [-0.15, -0.1) is 0 Å². The van der Waals surface area contributed by atoms with Crippen LogP contribution in [0.3, 0.4) is 0 Å². The molecular formula is C56H80O21. The predicted octanol–water partition coefficient (Wildman–Crippen LogP) is 1.81. The van der Waals surface area contributed by atoms with Gasteiger partial charge in [0.25, 0.3) is 0 Å². The minimum Gasteiger partial charge on any atom is -0.508 e. The lowest BCUT2D eigenvalue weighted by atomic mass is 9.33. The number of aliphatic carboxylic acids is 1. The predicted molar refractivity (Wildman–Crippen MR) is 267 cm³/mol. The first-order valence-corrected chi connectivity index (χ1v) is 27.2. The van der Waals surface area contributed by atoms with Crippen molar-refractivity contribution >= 4 is 24.0 Å². The molecule has 0 unspecified atom stereocenters. The first-order valence-electron chi connectivity index (χ1n) is 27.2. The Bertz CT molecular complexity index is 2410. The van der Waals surface area contributed by atoms with Crippen molar-refractivity contribution in [3.63, 3.8) is 0 Å². The van der Waals surface area contributed by atoms with Gasteiger partial charge in [0.05, 0.1) is 25.4 Å². The standard InChI is InChI=1S/C56H80O21/c1-51(2)20-21-56(50(70)77-49-45(74-36(61)15-10-26-8-11-27(58)12-9-26)43(30(59)25-71-49)75-47-41(66)38(63)37(62)31(24-57)72-47)29(22-51)28-13-14-33-53(5)18-17-35(73-48-42(67)39(64)40(65)44(76-48)46(68)69)52(3,4)32(53)16-19-54(33,6)55(28,7)23-34(56)60/h8-13,15,29-35,37-45,47-49,57-60,62-67H,14,16-25H2,1-7H3,(H,68,69)/b15-10+/t29-,30-,31+,32-,33+,34+,35-,37+,38-,39-,40-,41+,42+,43-,44-,45+,47-,48+,49-,53-,54+,55+,56+/m0/s1. The molecule has 1 aromatic rings. The summed E-state index contributed by atoms with van der Waals surface area (Å²) in [5, 5.41) is 118. The molecule has 0 radical (unpaired) electrons. The Morgan fingerprint density at radius 1 is 0.714 bits per heavy atom. The van der Waals surface area contributed by atoms with Crippen molar-refractivity contribution < 1.29 is 104 Å². The van der Waals surface area contributed by atoms with Gasteiger partial charge in [0, 0.05) is 6.08 Å². The molecule has 21 nitrogen and oxygen atoms in total. The number of rotatable bonds is 11. The number of benzene rings is 1. The maximum absolute atomic E-state index is 15.5. The van der Waals surface area contributed by atoms with E-state index in [9.17, 15) is 65.8 Å². The Labute approximate surface area is 447 Å². The fourth-order valence-electron chi connectivity index (χ4n) is 15.9. The first-order chi connectivity index (χ1) is 36.0. The summed E-state index contributed by atoms with van der Waals surface area (Å²) in [4.78, 5) is 41.2. The van der Waals surface area contributed by atoms with E-state index in [4.69, 9.17) is 33.2 Å². The topological polar surface area (TPSA) is 338 Å². The van der Waals surface area contributed by atoms with Crippen molar-refractivity contribution in [2.45, 2.75) is 204 Å². The summed E-state index contributed by atoms with van der Waals surface area (Å²) in [6, 6.07) is 5.92. The molecule has 0 amide bonds. The van der Waals surface area contributed by atoms with Gasteiger partial charge in [0.2, 0.25) is 6.29 Å². The largest absolute Gasteiger partial charge is 0.508 e. The second kappa shape index (κ2) is 21.0. The van der Waals surface area contributed by atoms with E-state index in [-0.39, 0.29) is 41.3 Å². The van der Waals surface area contributed by atoms with Crippen LogP contribution in [0, 0.1) is 50.2 Å². The molecule has 11 N–H and O–H groups in total. The van der Waals surface area contributed by atoms with E-state index < -0.39 is 157 Å². The number of hydrogen-bond donors (Lipinski definition) is 11. The van der Waals surface area contributed by atoms with Gasteiger partial charge in [-0.05, 0) is 126 Å². The molecule has 7 fully saturated rings. The van der Waals surface area contributed by atoms with Crippen LogP contribution in [0.4, 0.5) is 0 Å². The number of allylic oxidation sites excluding steroid dienone is 2. The molecule has 1 aromatic carbocycles. The number of hydrogen-bond acceptors (Lipinski definition) is 20. The number of carboxylic acid groups (broad SMARTS) is 1. The highest BCUT2D eigenvalue weighted by molar-refractivity contribution is 5.87. The van der Waals surface area contributed by atoms with Crippen LogP contribution in [0.5, 0.6) is 5.75 Å². The zero-order chi connectivity index (χ0) is 56.1. The zero-order valence-corrected chi connectivity index (χ0v) is 44.8. The van der Waals surface area contributed by atoms with Crippen LogP contribution in [0.2, 0.25) is 0 Å². The van der Waals surface area contributed by atoms with Crippen molar-refractivity contribution in [2.24, 2.45) is 50.2 Å². The molecule has 5 aliphatic carbocycles. The fraction of sp³-hybridized carbons (Fsp3) is 0.768. The number of carboxylic acids is 1. The summed E-state index contributed by atoms with van der Waals surface area (Å²) in [5.41, 5.74) is -2.05. The summed E-state index contributed by atoms with van der Waals surface area (Å²) in [6.45, 7) is 14.0. The Kier molecular flexibility index (Phi) is 15.8. The van der Waals surface area contributed by atoms with Gasteiger partial charge in [0.15, 0.2) is 24.8 Å². The number of phenols is 1.